The molecular weight excluding hydrogens is 615 g/mol. The zero-order chi connectivity index (χ0) is 32.3. The standard InChI is InChI=1S/C46H29NOS/c1-2-10-30(11-3-1)31-20-24-33(25-21-31)47(41-16-8-15-38-36(41)28-29-39-37-12-5-7-19-44(37)49-46(38)39)34-26-22-32(23-27-34)35-14-9-18-43-45(35)40-13-4-6-17-42(40)48-43/h1-29H. The molecule has 2 aromatic heterocycles. The van der Waals surface area contributed by atoms with E-state index in [2.05, 4.69) is 169 Å². The summed E-state index contributed by atoms with van der Waals surface area (Å²) in [5, 5.41) is 7.43. The van der Waals surface area contributed by atoms with E-state index < -0.39 is 0 Å². The molecule has 10 rings (SSSR count). The van der Waals surface area contributed by atoms with Crippen LogP contribution in [0.1, 0.15) is 0 Å². The van der Waals surface area contributed by atoms with Crippen LogP contribution >= 0.6 is 11.3 Å². The van der Waals surface area contributed by atoms with Crippen molar-refractivity contribution < 1.29 is 4.42 Å². The molecule has 0 fully saturated rings. The van der Waals surface area contributed by atoms with Gasteiger partial charge in [0.15, 0.2) is 0 Å². The van der Waals surface area contributed by atoms with Gasteiger partial charge >= 0.3 is 0 Å². The number of anilines is 3. The van der Waals surface area contributed by atoms with Crippen molar-refractivity contribution in [3.05, 3.63) is 176 Å². The maximum Gasteiger partial charge on any atom is 0.136 e. The molecule has 0 bridgehead atoms. The maximum atomic E-state index is 6.22. The maximum absolute atomic E-state index is 6.22. The van der Waals surface area contributed by atoms with Crippen LogP contribution in [-0.2, 0) is 0 Å². The van der Waals surface area contributed by atoms with E-state index in [0.717, 1.165) is 44.6 Å². The summed E-state index contributed by atoms with van der Waals surface area (Å²) in [5.74, 6) is 0. The Morgan fingerprint density at radius 3 is 1.80 bits per heavy atom. The Hall–Kier alpha value is -6.16. The van der Waals surface area contributed by atoms with Crippen LogP contribution in [0.15, 0.2) is 180 Å². The first kappa shape index (κ1) is 27.9. The van der Waals surface area contributed by atoms with Crippen LogP contribution in [0.3, 0.4) is 0 Å². The number of para-hydroxylation sites is 1. The predicted octanol–water partition coefficient (Wildman–Crippen LogP) is 13.9. The minimum atomic E-state index is 0.909. The summed E-state index contributed by atoms with van der Waals surface area (Å²) in [7, 11) is 0. The molecule has 0 spiro atoms. The van der Waals surface area contributed by atoms with Crippen LogP contribution in [0, 0.1) is 0 Å². The Kier molecular flexibility index (Phi) is 6.39. The fraction of sp³-hybridized carbons (Fsp3) is 0. The Morgan fingerprint density at radius 2 is 0.980 bits per heavy atom. The number of thiophene rings is 1. The Balaban J connectivity index is 1.15. The zero-order valence-corrected chi connectivity index (χ0v) is 27.3. The second-order valence-corrected chi connectivity index (χ2v) is 13.5. The summed E-state index contributed by atoms with van der Waals surface area (Å²) in [5.41, 5.74) is 9.92. The van der Waals surface area contributed by atoms with Gasteiger partial charge in [0.1, 0.15) is 11.2 Å². The van der Waals surface area contributed by atoms with Crippen LogP contribution in [0.4, 0.5) is 17.1 Å². The van der Waals surface area contributed by atoms with Gasteiger partial charge in [-0.3, -0.25) is 0 Å². The molecule has 3 heteroatoms. The lowest BCUT2D eigenvalue weighted by atomic mass is 9.98. The van der Waals surface area contributed by atoms with Crippen molar-refractivity contribution >= 4 is 81.3 Å². The molecule has 0 atom stereocenters. The smallest absolute Gasteiger partial charge is 0.136 e. The average Bonchev–Trinajstić information content (AvgIpc) is 3.75. The zero-order valence-electron chi connectivity index (χ0n) is 26.5. The molecule has 8 aromatic carbocycles. The lowest BCUT2D eigenvalue weighted by Crippen LogP contribution is -2.10. The van der Waals surface area contributed by atoms with Gasteiger partial charge in [0, 0.05) is 53.1 Å². The van der Waals surface area contributed by atoms with Crippen molar-refractivity contribution in [3.8, 4) is 22.3 Å². The highest BCUT2D eigenvalue weighted by atomic mass is 32.1. The van der Waals surface area contributed by atoms with E-state index in [1.54, 1.807) is 0 Å². The lowest BCUT2D eigenvalue weighted by molar-refractivity contribution is 0.669. The number of benzene rings is 8. The fourth-order valence-electron chi connectivity index (χ4n) is 7.38. The summed E-state index contributed by atoms with van der Waals surface area (Å²) in [6.07, 6.45) is 0. The molecule has 0 saturated carbocycles. The summed E-state index contributed by atoms with van der Waals surface area (Å²) in [6, 6.07) is 63.2. The number of rotatable bonds is 5. The van der Waals surface area contributed by atoms with Crippen molar-refractivity contribution in [2.24, 2.45) is 0 Å². The normalized spacial score (nSPS) is 11.7. The van der Waals surface area contributed by atoms with Gasteiger partial charge in [0.05, 0.1) is 5.69 Å². The van der Waals surface area contributed by atoms with Gasteiger partial charge in [-0.05, 0) is 70.8 Å². The minimum Gasteiger partial charge on any atom is -0.456 e. The largest absolute Gasteiger partial charge is 0.456 e. The first-order valence-corrected chi connectivity index (χ1v) is 17.4. The molecule has 0 aliphatic carbocycles. The van der Waals surface area contributed by atoms with Crippen molar-refractivity contribution in [2.75, 3.05) is 4.90 Å². The van der Waals surface area contributed by atoms with Gasteiger partial charge < -0.3 is 9.32 Å². The van der Waals surface area contributed by atoms with Crippen LogP contribution in [0.2, 0.25) is 0 Å². The summed E-state index contributed by atoms with van der Waals surface area (Å²) in [4.78, 5) is 2.40. The second kappa shape index (κ2) is 11.2. The van der Waals surface area contributed by atoms with Gasteiger partial charge in [-0.25, -0.2) is 0 Å². The second-order valence-electron chi connectivity index (χ2n) is 12.5. The number of hydrogen-bond acceptors (Lipinski definition) is 3. The molecule has 49 heavy (non-hydrogen) atoms. The van der Waals surface area contributed by atoms with E-state index in [0.29, 0.717) is 0 Å². The van der Waals surface area contributed by atoms with Crippen LogP contribution < -0.4 is 4.90 Å². The van der Waals surface area contributed by atoms with Gasteiger partial charge in [-0.2, -0.15) is 0 Å². The number of fused-ring (bicyclic) bond motifs is 8. The van der Waals surface area contributed by atoms with E-state index in [1.807, 2.05) is 23.5 Å². The molecule has 0 aliphatic heterocycles. The average molecular weight is 644 g/mol. The molecule has 2 heterocycles. The first-order valence-electron chi connectivity index (χ1n) is 16.6. The van der Waals surface area contributed by atoms with Gasteiger partial charge in [0.2, 0.25) is 0 Å². The van der Waals surface area contributed by atoms with Crippen LogP contribution in [0.25, 0.3) is 75.1 Å². The SMILES string of the molecule is c1ccc(-c2ccc(N(c3ccc(-c4cccc5oc6ccccc6c45)cc3)c3cccc4c3ccc3c5ccccc5sc43)cc2)cc1. The quantitative estimate of drug-likeness (QED) is 0.186. The fourth-order valence-corrected chi connectivity index (χ4v) is 8.62. The van der Waals surface area contributed by atoms with E-state index >= 15 is 0 Å². The van der Waals surface area contributed by atoms with E-state index in [1.165, 1.54) is 47.6 Å². The van der Waals surface area contributed by atoms with Crippen molar-refractivity contribution in [1.29, 1.82) is 0 Å². The Bertz CT molecular complexity index is 2810. The third kappa shape index (κ3) is 4.55. The molecule has 0 unspecified atom stereocenters. The number of furan rings is 1. The van der Waals surface area contributed by atoms with Crippen molar-refractivity contribution in [2.45, 2.75) is 0 Å². The predicted molar refractivity (Wildman–Crippen MR) is 210 cm³/mol. The molecule has 2 nitrogen and oxygen atoms in total. The summed E-state index contributed by atoms with van der Waals surface area (Å²) in [6.45, 7) is 0. The molecule has 230 valence electrons. The lowest BCUT2D eigenvalue weighted by Gasteiger charge is -2.27. The Labute approximate surface area is 287 Å². The molecular formula is C46H29NOS. The van der Waals surface area contributed by atoms with E-state index in [9.17, 15) is 0 Å². The molecule has 0 aliphatic rings. The Morgan fingerprint density at radius 1 is 0.388 bits per heavy atom. The third-order valence-electron chi connectivity index (χ3n) is 9.69. The highest BCUT2D eigenvalue weighted by Crippen LogP contribution is 2.45. The summed E-state index contributed by atoms with van der Waals surface area (Å²) < 4.78 is 8.87. The van der Waals surface area contributed by atoms with E-state index in [-0.39, 0.29) is 0 Å². The third-order valence-corrected chi connectivity index (χ3v) is 10.9. The molecule has 10 aromatic rings. The topological polar surface area (TPSA) is 16.4 Å². The molecule has 0 amide bonds. The molecule has 0 N–H and O–H groups in total. The molecule has 0 saturated heterocycles. The van der Waals surface area contributed by atoms with Gasteiger partial charge in [-0.1, -0.05) is 127 Å². The number of hydrogen-bond donors (Lipinski definition) is 0. The minimum absolute atomic E-state index is 0.909. The monoisotopic (exact) mass is 643 g/mol. The van der Waals surface area contributed by atoms with Crippen LogP contribution in [-0.4, -0.2) is 0 Å². The first-order chi connectivity index (χ1) is 24.3. The van der Waals surface area contributed by atoms with Gasteiger partial charge in [0.25, 0.3) is 0 Å². The summed E-state index contributed by atoms with van der Waals surface area (Å²) >= 11 is 1.88. The highest BCUT2D eigenvalue weighted by molar-refractivity contribution is 7.26. The molecule has 0 radical (unpaired) electrons. The van der Waals surface area contributed by atoms with Crippen molar-refractivity contribution in [3.63, 3.8) is 0 Å². The van der Waals surface area contributed by atoms with Gasteiger partial charge in [-0.15, -0.1) is 11.3 Å². The van der Waals surface area contributed by atoms with E-state index in [4.69, 9.17) is 4.42 Å². The van der Waals surface area contributed by atoms with Crippen molar-refractivity contribution in [1.82, 2.24) is 0 Å². The highest BCUT2D eigenvalue weighted by Gasteiger charge is 2.19. The van der Waals surface area contributed by atoms with Crippen LogP contribution in [0.5, 0.6) is 0 Å². The number of nitrogens with zero attached hydrogens (tertiary/aromatic N) is 1.